The van der Waals surface area contributed by atoms with Gasteiger partial charge in [0.2, 0.25) is 11.8 Å². The third kappa shape index (κ3) is 5.37. The van der Waals surface area contributed by atoms with Gasteiger partial charge in [-0.1, -0.05) is 17.7 Å². The smallest absolute Gasteiger partial charge is 0.226 e. The molecule has 0 saturated heterocycles. The van der Waals surface area contributed by atoms with Gasteiger partial charge in [-0.25, -0.2) is 0 Å². The van der Waals surface area contributed by atoms with Crippen molar-refractivity contribution in [1.29, 1.82) is 0 Å². The lowest BCUT2D eigenvalue weighted by molar-refractivity contribution is -0.117. The maximum atomic E-state index is 12.4. The van der Waals surface area contributed by atoms with Crippen molar-refractivity contribution in [1.82, 2.24) is 0 Å². The topological polar surface area (TPSA) is 67.9 Å². The number of nitrogens with one attached hydrogen (secondary N) is 1. The molecule has 0 aliphatic rings. The number of rotatable bonds is 7. The first-order valence-electron chi connectivity index (χ1n) is 8.42. The van der Waals surface area contributed by atoms with Gasteiger partial charge >= 0.3 is 0 Å². The SMILES string of the molecule is COc1ccc(OC)c(NC(=O)CCN(C(C)=O)c2ccc(C)c(Cl)c2)c1. The monoisotopic (exact) mass is 390 g/mol. The van der Waals surface area contributed by atoms with Crippen molar-refractivity contribution in [3.8, 4) is 11.5 Å². The van der Waals surface area contributed by atoms with Crippen LogP contribution in [0.1, 0.15) is 18.9 Å². The Bertz CT molecular complexity index is 839. The van der Waals surface area contributed by atoms with Crippen LogP contribution in [-0.2, 0) is 9.59 Å². The Morgan fingerprint density at radius 2 is 1.85 bits per heavy atom. The van der Waals surface area contributed by atoms with Crippen molar-refractivity contribution in [3.63, 3.8) is 0 Å². The fourth-order valence-electron chi connectivity index (χ4n) is 2.56. The van der Waals surface area contributed by atoms with Crippen LogP contribution in [-0.4, -0.2) is 32.6 Å². The van der Waals surface area contributed by atoms with Crippen molar-refractivity contribution >= 4 is 34.8 Å². The van der Waals surface area contributed by atoms with Crippen LogP contribution in [0.5, 0.6) is 11.5 Å². The van der Waals surface area contributed by atoms with Crippen LogP contribution in [0, 0.1) is 6.92 Å². The summed E-state index contributed by atoms with van der Waals surface area (Å²) in [5.41, 5.74) is 2.09. The summed E-state index contributed by atoms with van der Waals surface area (Å²) in [5.74, 6) is 0.719. The van der Waals surface area contributed by atoms with E-state index < -0.39 is 0 Å². The summed E-state index contributed by atoms with van der Waals surface area (Å²) in [6.45, 7) is 3.57. The molecular weight excluding hydrogens is 368 g/mol. The second-order valence-electron chi connectivity index (χ2n) is 5.97. The number of nitrogens with zero attached hydrogens (tertiary/aromatic N) is 1. The second-order valence-corrected chi connectivity index (χ2v) is 6.38. The molecule has 0 atom stereocenters. The summed E-state index contributed by atoms with van der Waals surface area (Å²) in [7, 11) is 3.07. The normalized spacial score (nSPS) is 10.3. The molecule has 144 valence electrons. The van der Waals surface area contributed by atoms with E-state index in [2.05, 4.69) is 5.32 Å². The average Bonchev–Trinajstić information content (AvgIpc) is 2.64. The number of aryl methyl sites for hydroxylation is 1. The summed E-state index contributed by atoms with van der Waals surface area (Å²) < 4.78 is 10.4. The van der Waals surface area contributed by atoms with Gasteiger partial charge < -0.3 is 19.7 Å². The van der Waals surface area contributed by atoms with Crippen LogP contribution in [0.4, 0.5) is 11.4 Å². The van der Waals surface area contributed by atoms with Crippen molar-refractivity contribution in [2.24, 2.45) is 0 Å². The summed E-state index contributed by atoms with van der Waals surface area (Å²) in [4.78, 5) is 25.9. The highest BCUT2D eigenvalue weighted by molar-refractivity contribution is 6.31. The molecule has 6 nitrogen and oxygen atoms in total. The molecule has 1 N–H and O–H groups in total. The predicted molar refractivity (Wildman–Crippen MR) is 107 cm³/mol. The molecular formula is C20H23ClN2O4. The minimum absolute atomic E-state index is 0.117. The van der Waals surface area contributed by atoms with Crippen LogP contribution in [0.3, 0.4) is 0 Å². The standard InChI is InChI=1S/C20H23ClN2O4/c1-13-5-6-15(11-17(13)21)23(14(2)24)10-9-20(25)22-18-12-16(26-3)7-8-19(18)27-4/h5-8,11-12H,9-10H2,1-4H3,(H,22,25). The first-order chi connectivity index (χ1) is 12.8. The Hall–Kier alpha value is -2.73. The molecule has 0 aliphatic carbocycles. The second kappa shape index (κ2) is 9.28. The van der Waals surface area contributed by atoms with Gasteiger partial charge in [-0.15, -0.1) is 0 Å². The van der Waals surface area contributed by atoms with Crippen LogP contribution in [0.15, 0.2) is 36.4 Å². The zero-order valence-electron chi connectivity index (χ0n) is 15.8. The van der Waals surface area contributed by atoms with Crippen molar-refractivity contribution in [3.05, 3.63) is 47.0 Å². The molecule has 0 saturated carbocycles. The molecule has 2 aromatic rings. The lowest BCUT2D eigenvalue weighted by Crippen LogP contribution is -2.32. The lowest BCUT2D eigenvalue weighted by Gasteiger charge is -2.21. The number of hydrogen-bond donors (Lipinski definition) is 1. The number of benzene rings is 2. The highest BCUT2D eigenvalue weighted by atomic mass is 35.5. The lowest BCUT2D eigenvalue weighted by atomic mass is 10.2. The zero-order chi connectivity index (χ0) is 20.0. The fourth-order valence-corrected chi connectivity index (χ4v) is 2.73. The summed E-state index contributed by atoms with van der Waals surface area (Å²) in [5, 5.41) is 3.37. The molecule has 0 aromatic heterocycles. The van der Waals surface area contributed by atoms with Crippen LogP contribution in [0.2, 0.25) is 5.02 Å². The summed E-state index contributed by atoms with van der Waals surface area (Å²) in [6, 6.07) is 10.5. The Balaban J connectivity index is 2.08. The predicted octanol–water partition coefficient (Wildman–Crippen LogP) is 4.05. The molecule has 0 heterocycles. The van der Waals surface area contributed by atoms with E-state index in [1.807, 2.05) is 19.1 Å². The number of carbonyl (C=O) groups is 2. The van der Waals surface area contributed by atoms with E-state index in [0.29, 0.717) is 27.9 Å². The number of hydrogen-bond acceptors (Lipinski definition) is 4. The molecule has 7 heteroatoms. The largest absolute Gasteiger partial charge is 0.497 e. The van der Waals surface area contributed by atoms with E-state index in [9.17, 15) is 9.59 Å². The molecule has 2 aromatic carbocycles. The minimum atomic E-state index is -0.244. The number of methoxy groups -OCH3 is 2. The van der Waals surface area contributed by atoms with Crippen LogP contribution < -0.4 is 19.7 Å². The van der Waals surface area contributed by atoms with Crippen molar-refractivity contribution in [2.75, 3.05) is 31.0 Å². The third-order valence-electron chi connectivity index (χ3n) is 4.09. The Morgan fingerprint density at radius 3 is 2.44 bits per heavy atom. The molecule has 0 bridgehead atoms. The number of carbonyl (C=O) groups excluding carboxylic acids is 2. The van der Waals surface area contributed by atoms with E-state index in [1.165, 1.54) is 18.9 Å². The Morgan fingerprint density at radius 1 is 1.11 bits per heavy atom. The van der Waals surface area contributed by atoms with E-state index in [0.717, 1.165) is 5.56 Å². The highest BCUT2D eigenvalue weighted by Crippen LogP contribution is 2.29. The van der Waals surface area contributed by atoms with Gasteiger partial charge in [-0.3, -0.25) is 9.59 Å². The van der Waals surface area contributed by atoms with Crippen LogP contribution in [0.25, 0.3) is 0 Å². The molecule has 0 radical (unpaired) electrons. The first-order valence-corrected chi connectivity index (χ1v) is 8.79. The summed E-state index contributed by atoms with van der Waals surface area (Å²) in [6.07, 6.45) is 0.117. The number of ether oxygens (including phenoxy) is 2. The number of anilines is 2. The molecule has 2 rings (SSSR count). The highest BCUT2D eigenvalue weighted by Gasteiger charge is 2.15. The van der Waals surface area contributed by atoms with Gasteiger partial charge in [-0.2, -0.15) is 0 Å². The maximum Gasteiger partial charge on any atom is 0.226 e. The molecule has 0 fully saturated rings. The van der Waals surface area contributed by atoms with E-state index in [1.54, 1.807) is 31.4 Å². The first kappa shape index (κ1) is 20.6. The van der Waals surface area contributed by atoms with E-state index >= 15 is 0 Å². The molecule has 0 aliphatic heterocycles. The van der Waals surface area contributed by atoms with Crippen molar-refractivity contribution < 1.29 is 19.1 Å². The van der Waals surface area contributed by atoms with Crippen LogP contribution >= 0.6 is 11.6 Å². The van der Waals surface area contributed by atoms with Gasteiger partial charge in [0.1, 0.15) is 11.5 Å². The average molecular weight is 391 g/mol. The van der Waals surface area contributed by atoms with E-state index in [-0.39, 0.29) is 24.8 Å². The third-order valence-corrected chi connectivity index (χ3v) is 4.50. The molecule has 0 spiro atoms. The minimum Gasteiger partial charge on any atom is -0.497 e. The number of halogens is 1. The Kier molecular flexibility index (Phi) is 7.07. The molecule has 2 amide bonds. The van der Waals surface area contributed by atoms with Crippen molar-refractivity contribution in [2.45, 2.75) is 20.3 Å². The van der Waals surface area contributed by atoms with Gasteiger partial charge in [0, 0.05) is 36.7 Å². The maximum absolute atomic E-state index is 12.4. The van der Waals surface area contributed by atoms with E-state index in [4.69, 9.17) is 21.1 Å². The van der Waals surface area contributed by atoms with Gasteiger partial charge in [0.05, 0.1) is 19.9 Å². The number of amides is 2. The summed E-state index contributed by atoms with van der Waals surface area (Å²) >= 11 is 6.15. The Labute approximate surface area is 164 Å². The zero-order valence-corrected chi connectivity index (χ0v) is 16.6. The molecule has 0 unspecified atom stereocenters. The van der Waals surface area contributed by atoms with Gasteiger partial charge in [-0.05, 0) is 36.8 Å². The van der Waals surface area contributed by atoms with Gasteiger partial charge in [0.25, 0.3) is 0 Å². The molecule has 27 heavy (non-hydrogen) atoms. The quantitative estimate of drug-likeness (QED) is 0.774. The van der Waals surface area contributed by atoms with Gasteiger partial charge in [0.15, 0.2) is 0 Å². The fraction of sp³-hybridized carbons (Fsp3) is 0.300.